The molecule has 0 aliphatic heterocycles. The molecule has 0 bridgehead atoms. The number of carbonyl (C=O) groups excluding carboxylic acids is 3. The topological polar surface area (TPSA) is 60.4 Å². The lowest BCUT2D eigenvalue weighted by Crippen LogP contribution is -2.58. The van der Waals surface area contributed by atoms with Crippen LogP contribution in [0.4, 0.5) is 0 Å². The van der Waals surface area contributed by atoms with Crippen LogP contribution in [-0.4, -0.2) is 23.1 Å². The molecule has 0 heterocycles. The highest BCUT2D eigenvalue weighted by Gasteiger charge is 2.69. The van der Waals surface area contributed by atoms with Gasteiger partial charge in [-0.1, -0.05) is 51.5 Å². The molecular formula is C27H36O4. The molecule has 31 heavy (non-hydrogen) atoms. The quantitative estimate of drug-likeness (QED) is 0.440. The first-order valence-electron chi connectivity index (χ1n) is 11.9. The van der Waals surface area contributed by atoms with Crippen molar-refractivity contribution in [1.82, 2.24) is 0 Å². The van der Waals surface area contributed by atoms with Crippen LogP contribution in [0.5, 0.6) is 0 Å². The largest absolute Gasteiger partial charge is 0.450 e. The molecule has 0 aromatic heterocycles. The number of hydrogen-bond acceptors (Lipinski definition) is 4. The number of ether oxygens (including phenoxy) is 1. The molecule has 4 nitrogen and oxygen atoms in total. The molecule has 0 saturated heterocycles. The fourth-order valence-electron chi connectivity index (χ4n) is 7.67. The van der Waals surface area contributed by atoms with E-state index in [0.29, 0.717) is 19.3 Å². The highest BCUT2D eigenvalue weighted by atomic mass is 16.6. The third-order valence-electron chi connectivity index (χ3n) is 9.11. The fourth-order valence-corrected chi connectivity index (χ4v) is 7.67. The Balaban J connectivity index is 1.80. The van der Waals surface area contributed by atoms with Crippen LogP contribution in [0, 0.1) is 28.6 Å². The first-order valence-corrected chi connectivity index (χ1v) is 11.9. The number of allylic oxidation sites excluding steroid dienone is 5. The van der Waals surface area contributed by atoms with Gasteiger partial charge in [0.25, 0.3) is 0 Å². The zero-order valence-corrected chi connectivity index (χ0v) is 19.7. The van der Waals surface area contributed by atoms with Gasteiger partial charge in [-0.05, 0) is 62.5 Å². The Hall–Kier alpha value is -1.97. The van der Waals surface area contributed by atoms with Crippen LogP contribution in [0.1, 0.15) is 79.6 Å². The summed E-state index contributed by atoms with van der Waals surface area (Å²) in [5.74, 6) is 0.387. The SMILES string of the molecule is C=C1C[C@@H]2C(=CC[C@@]3(C)[C@H]2C[C@H](C)[C@]3(OC(=O)CCC)C(C)=O)[C@@]2(C)CCC(=O)C=C12. The molecule has 2 saturated carbocycles. The van der Waals surface area contributed by atoms with E-state index in [2.05, 4.69) is 33.4 Å². The molecule has 4 aliphatic rings. The number of ketones is 2. The van der Waals surface area contributed by atoms with Gasteiger partial charge in [0.05, 0.1) is 0 Å². The summed E-state index contributed by atoms with van der Waals surface area (Å²) in [6.07, 6.45) is 8.97. The Morgan fingerprint density at radius 1 is 1.29 bits per heavy atom. The van der Waals surface area contributed by atoms with Gasteiger partial charge in [0.15, 0.2) is 17.2 Å². The third kappa shape index (κ3) is 2.89. The molecule has 168 valence electrons. The summed E-state index contributed by atoms with van der Waals surface area (Å²) in [7, 11) is 0. The number of Topliss-reactive ketones (excluding diaryl/α,β-unsaturated/α-hetero) is 1. The van der Waals surface area contributed by atoms with Crippen molar-refractivity contribution in [3.05, 3.63) is 35.5 Å². The zero-order chi connectivity index (χ0) is 22.8. The van der Waals surface area contributed by atoms with Crippen LogP contribution in [0.3, 0.4) is 0 Å². The lowest BCUT2D eigenvalue weighted by Gasteiger charge is -2.55. The number of rotatable bonds is 4. The first kappa shape index (κ1) is 22.2. The minimum Gasteiger partial charge on any atom is -0.450 e. The normalized spacial score (nSPS) is 41.5. The minimum atomic E-state index is -1.08. The van der Waals surface area contributed by atoms with Crippen LogP contribution in [-0.2, 0) is 19.1 Å². The second-order valence-electron chi connectivity index (χ2n) is 10.8. The van der Waals surface area contributed by atoms with Crippen molar-refractivity contribution in [2.75, 3.05) is 0 Å². The van der Waals surface area contributed by atoms with Gasteiger partial charge in [-0.15, -0.1) is 0 Å². The summed E-state index contributed by atoms with van der Waals surface area (Å²) < 4.78 is 6.14. The molecule has 0 radical (unpaired) electrons. The van der Waals surface area contributed by atoms with Gasteiger partial charge in [0, 0.05) is 29.6 Å². The molecule has 4 rings (SSSR count). The maximum Gasteiger partial charge on any atom is 0.306 e. The summed E-state index contributed by atoms with van der Waals surface area (Å²) in [5, 5.41) is 0. The van der Waals surface area contributed by atoms with Crippen molar-refractivity contribution in [2.24, 2.45) is 28.6 Å². The summed E-state index contributed by atoms with van der Waals surface area (Å²) >= 11 is 0. The number of hydrogen-bond donors (Lipinski definition) is 0. The molecule has 0 amide bonds. The van der Waals surface area contributed by atoms with Crippen molar-refractivity contribution in [1.29, 1.82) is 0 Å². The zero-order valence-electron chi connectivity index (χ0n) is 19.7. The Labute approximate surface area is 186 Å². The van der Waals surface area contributed by atoms with E-state index >= 15 is 0 Å². The van der Waals surface area contributed by atoms with Gasteiger partial charge in [0.1, 0.15) is 0 Å². The molecule has 0 spiro atoms. The van der Waals surface area contributed by atoms with Crippen LogP contribution in [0.15, 0.2) is 35.5 Å². The summed E-state index contributed by atoms with van der Waals surface area (Å²) in [6.45, 7) is 14.4. The number of esters is 1. The average Bonchev–Trinajstić information content (AvgIpc) is 2.92. The predicted octanol–water partition coefficient (Wildman–Crippen LogP) is 5.52. The second kappa shape index (κ2) is 7.28. The Morgan fingerprint density at radius 3 is 2.65 bits per heavy atom. The van der Waals surface area contributed by atoms with Gasteiger partial charge < -0.3 is 4.74 Å². The van der Waals surface area contributed by atoms with Gasteiger partial charge in [-0.25, -0.2) is 0 Å². The molecular weight excluding hydrogens is 388 g/mol. The van der Waals surface area contributed by atoms with Crippen molar-refractivity contribution in [2.45, 2.75) is 85.2 Å². The molecule has 0 aromatic rings. The van der Waals surface area contributed by atoms with Crippen molar-refractivity contribution in [3.63, 3.8) is 0 Å². The summed E-state index contributed by atoms with van der Waals surface area (Å²) in [5.41, 5.74) is 1.91. The van der Waals surface area contributed by atoms with Gasteiger partial charge in [0.2, 0.25) is 0 Å². The molecule has 0 unspecified atom stereocenters. The third-order valence-corrected chi connectivity index (χ3v) is 9.11. The minimum absolute atomic E-state index is 0.0282. The average molecular weight is 425 g/mol. The van der Waals surface area contributed by atoms with Crippen LogP contribution in [0.2, 0.25) is 0 Å². The Morgan fingerprint density at radius 2 is 2.00 bits per heavy atom. The van der Waals surface area contributed by atoms with E-state index < -0.39 is 11.0 Å². The van der Waals surface area contributed by atoms with Gasteiger partial charge >= 0.3 is 5.97 Å². The smallest absolute Gasteiger partial charge is 0.306 e. The highest BCUT2D eigenvalue weighted by molar-refractivity contribution is 5.93. The number of fused-ring (bicyclic) bond motifs is 5. The van der Waals surface area contributed by atoms with Gasteiger partial charge in [-0.2, -0.15) is 0 Å². The summed E-state index contributed by atoms with van der Waals surface area (Å²) in [4.78, 5) is 37.9. The molecule has 4 aliphatic carbocycles. The van der Waals surface area contributed by atoms with Crippen LogP contribution < -0.4 is 0 Å². The van der Waals surface area contributed by atoms with E-state index in [4.69, 9.17) is 4.74 Å². The summed E-state index contributed by atoms with van der Waals surface area (Å²) in [6, 6.07) is 0. The van der Waals surface area contributed by atoms with E-state index in [-0.39, 0.29) is 40.7 Å². The highest BCUT2D eigenvalue weighted by Crippen LogP contribution is 2.68. The van der Waals surface area contributed by atoms with E-state index in [1.54, 1.807) is 6.92 Å². The lowest BCUT2D eigenvalue weighted by molar-refractivity contribution is -0.188. The van der Waals surface area contributed by atoms with Crippen molar-refractivity contribution >= 4 is 17.5 Å². The molecule has 2 fully saturated rings. The predicted molar refractivity (Wildman–Crippen MR) is 120 cm³/mol. The van der Waals surface area contributed by atoms with E-state index in [1.807, 2.05) is 13.0 Å². The van der Waals surface area contributed by atoms with Gasteiger partial charge in [-0.3, -0.25) is 14.4 Å². The van der Waals surface area contributed by atoms with Crippen LogP contribution in [0.25, 0.3) is 0 Å². The molecule has 0 aromatic carbocycles. The Bertz CT molecular complexity index is 924. The van der Waals surface area contributed by atoms with E-state index in [1.165, 1.54) is 5.57 Å². The first-order chi connectivity index (χ1) is 14.5. The molecule has 0 N–H and O–H groups in total. The van der Waals surface area contributed by atoms with Crippen LogP contribution >= 0.6 is 0 Å². The van der Waals surface area contributed by atoms with Crippen molar-refractivity contribution in [3.8, 4) is 0 Å². The maximum atomic E-state index is 13.2. The second-order valence-corrected chi connectivity index (χ2v) is 10.8. The maximum absolute atomic E-state index is 13.2. The standard InChI is InChI=1S/C27H36O4/c1-7-8-24(30)31-27(18(4)28)17(3)14-23-20-13-16(2)22-15-19(29)9-11-25(22,5)21(20)10-12-26(23,27)6/h10,15,17,20,23H,2,7-9,11-14H2,1,3-6H3/t17-,20+,23-,25+,26-,27-/m0/s1. The lowest BCUT2D eigenvalue weighted by atomic mass is 9.49. The Kier molecular flexibility index (Phi) is 5.22. The number of carbonyl (C=O) groups is 3. The monoisotopic (exact) mass is 424 g/mol. The van der Waals surface area contributed by atoms with E-state index in [9.17, 15) is 14.4 Å². The van der Waals surface area contributed by atoms with E-state index in [0.717, 1.165) is 36.8 Å². The molecule has 6 atom stereocenters. The fraction of sp³-hybridized carbons (Fsp3) is 0.667. The van der Waals surface area contributed by atoms with Crippen molar-refractivity contribution < 1.29 is 19.1 Å². The molecule has 4 heteroatoms.